The van der Waals surface area contributed by atoms with Gasteiger partial charge in [0.25, 0.3) is 0 Å². The predicted octanol–water partition coefficient (Wildman–Crippen LogP) is 3.18. The van der Waals surface area contributed by atoms with Crippen molar-refractivity contribution in [2.24, 2.45) is 4.99 Å². The molecular weight excluding hydrogens is 272 g/mol. The van der Waals surface area contributed by atoms with Gasteiger partial charge < -0.3 is 10.6 Å². The molecule has 2 atom stereocenters. The fourth-order valence-electron chi connectivity index (χ4n) is 2.49. The number of aliphatic imine (C=N–C) groups is 1. The Hall–Kier alpha value is -1.65. The second kappa shape index (κ2) is 7.38. The predicted molar refractivity (Wildman–Crippen MR) is 81.5 cm³/mol. The molecule has 0 saturated heterocycles. The largest absolute Gasteiger partial charge is 0.356 e. The molecule has 2 rings (SSSR count). The third-order valence-corrected chi connectivity index (χ3v) is 3.78. The van der Waals surface area contributed by atoms with E-state index >= 15 is 0 Å². The normalized spacial score (nSPS) is 21.2. The Morgan fingerprint density at radius 2 is 2.00 bits per heavy atom. The first-order valence-corrected chi connectivity index (χ1v) is 7.58. The van der Waals surface area contributed by atoms with E-state index in [9.17, 15) is 8.78 Å². The maximum Gasteiger partial charge on any atom is 0.191 e. The zero-order chi connectivity index (χ0) is 15.2. The van der Waals surface area contributed by atoms with Crippen LogP contribution in [0.2, 0.25) is 0 Å². The second-order valence-corrected chi connectivity index (χ2v) is 5.43. The first-order chi connectivity index (χ1) is 10.2. The van der Waals surface area contributed by atoms with E-state index < -0.39 is 11.6 Å². The molecule has 5 heteroatoms. The number of rotatable bonds is 6. The number of hydrogen-bond acceptors (Lipinski definition) is 1. The molecule has 1 aliphatic carbocycles. The molecule has 0 radical (unpaired) electrons. The van der Waals surface area contributed by atoms with E-state index in [1.807, 2.05) is 0 Å². The first kappa shape index (κ1) is 15.7. The summed E-state index contributed by atoms with van der Waals surface area (Å²) >= 11 is 0. The molecule has 1 aromatic carbocycles. The summed E-state index contributed by atoms with van der Waals surface area (Å²) in [7, 11) is 1.70. The van der Waals surface area contributed by atoms with E-state index in [0.717, 1.165) is 19.4 Å². The lowest BCUT2D eigenvalue weighted by atomic mass is 10.1. The summed E-state index contributed by atoms with van der Waals surface area (Å²) in [5.41, 5.74) is 0.191. The molecule has 0 bridgehead atoms. The van der Waals surface area contributed by atoms with E-state index in [2.05, 4.69) is 22.5 Å². The van der Waals surface area contributed by atoms with Gasteiger partial charge in [0, 0.05) is 31.1 Å². The van der Waals surface area contributed by atoms with Crippen LogP contribution in [0, 0.1) is 11.6 Å². The van der Waals surface area contributed by atoms with E-state index in [-0.39, 0.29) is 17.5 Å². The molecule has 0 aliphatic heterocycles. The molecular formula is C16H23F2N3. The lowest BCUT2D eigenvalue weighted by Gasteiger charge is -2.12. The van der Waals surface area contributed by atoms with Gasteiger partial charge in [0.2, 0.25) is 0 Å². The van der Waals surface area contributed by atoms with E-state index in [1.54, 1.807) is 7.05 Å². The van der Waals surface area contributed by atoms with Crippen LogP contribution >= 0.6 is 0 Å². The fraction of sp³-hybridized carbons (Fsp3) is 0.562. The number of nitrogens with zero attached hydrogens (tertiary/aromatic N) is 1. The number of halogens is 2. The van der Waals surface area contributed by atoms with Crippen molar-refractivity contribution in [1.29, 1.82) is 0 Å². The Bertz CT molecular complexity index is 482. The van der Waals surface area contributed by atoms with Crippen LogP contribution in [0.5, 0.6) is 0 Å². The maximum atomic E-state index is 13.7. The lowest BCUT2D eigenvalue weighted by molar-refractivity contribution is 0.553. The van der Waals surface area contributed by atoms with Gasteiger partial charge in [0.1, 0.15) is 11.6 Å². The molecule has 1 aliphatic rings. The second-order valence-electron chi connectivity index (χ2n) is 5.43. The molecule has 1 fully saturated rings. The topological polar surface area (TPSA) is 36.4 Å². The van der Waals surface area contributed by atoms with E-state index in [4.69, 9.17) is 0 Å². The van der Waals surface area contributed by atoms with Crippen molar-refractivity contribution in [2.75, 3.05) is 13.6 Å². The van der Waals surface area contributed by atoms with Crippen LogP contribution in [0.4, 0.5) is 8.78 Å². The van der Waals surface area contributed by atoms with Gasteiger partial charge in [0.15, 0.2) is 5.96 Å². The van der Waals surface area contributed by atoms with Gasteiger partial charge in [-0.3, -0.25) is 4.99 Å². The highest BCUT2D eigenvalue weighted by Gasteiger charge is 2.42. The molecule has 2 N–H and O–H groups in total. The van der Waals surface area contributed by atoms with Gasteiger partial charge >= 0.3 is 0 Å². The van der Waals surface area contributed by atoms with E-state index in [1.165, 1.54) is 31.0 Å². The number of nitrogens with one attached hydrogen (secondary N) is 2. The Morgan fingerprint density at radius 1 is 1.29 bits per heavy atom. The van der Waals surface area contributed by atoms with Crippen molar-refractivity contribution in [3.05, 3.63) is 35.4 Å². The van der Waals surface area contributed by atoms with Crippen LogP contribution in [0.15, 0.2) is 23.2 Å². The zero-order valence-electron chi connectivity index (χ0n) is 12.6. The monoisotopic (exact) mass is 295 g/mol. The Labute approximate surface area is 124 Å². The van der Waals surface area contributed by atoms with Crippen LogP contribution in [-0.4, -0.2) is 25.6 Å². The summed E-state index contributed by atoms with van der Waals surface area (Å²) in [6.45, 7) is 3.02. The number of unbranched alkanes of at least 4 members (excludes halogenated alkanes) is 2. The van der Waals surface area contributed by atoms with Gasteiger partial charge in [-0.25, -0.2) is 8.78 Å². The third-order valence-electron chi connectivity index (χ3n) is 3.78. The quantitative estimate of drug-likeness (QED) is 0.480. The van der Waals surface area contributed by atoms with E-state index in [0.29, 0.717) is 5.96 Å². The van der Waals surface area contributed by atoms with Crippen LogP contribution < -0.4 is 10.6 Å². The van der Waals surface area contributed by atoms with Gasteiger partial charge in [-0.2, -0.15) is 0 Å². The molecule has 116 valence electrons. The average Bonchev–Trinajstić information content (AvgIpc) is 3.21. The maximum absolute atomic E-state index is 13.7. The minimum atomic E-state index is -0.463. The first-order valence-electron chi connectivity index (χ1n) is 7.58. The van der Waals surface area contributed by atoms with Gasteiger partial charge in [-0.05, 0) is 25.0 Å². The summed E-state index contributed by atoms with van der Waals surface area (Å²) in [6, 6.07) is 4.07. The molecule has 1 saturated carbocycles. The van der Waals surface area contributed by atoms with Gasteiger partial charge in [-0.15, -0.1) is 0 Å². The summed E-state index contributed by atoms with van der Waals surface area (Å²) in [5.74, 6) is -0.332. The minimum absolute atomic E-state index is 0.0498. The molecule has 1 aromatic rings. The van der Waals surface area contributed by atoms with Gasteiger partial charge in [-0.1, -0.05) is 25.8 Å². The number of hydrogen-bond donors (Lipinski definition) is 2. The van der Waals surface area contributed by atoms with Crippen molar-refractivity contribution >= 4 is 5.96 Å². The molecule has 0 spiro atoms. The SMILES string of the molecule is CCCCCNC(=NC)NC1CC1c1c(F)cccc1F. The molecule has 0 aromatic heterocycles. The van der Waals surface area contributed by atoms with Crippen LogP contribution in [0.1, 0.15) is 44.1 Å². The zero-order valence-corrected chi connectivity index (χ0v) is 12.6. The molecule has 0 amide bonds. The van der Waals surface area contributed by atoms with Crippen LogP contribution in [0.25, 0.3) is 0 Å². The minimum Gasteiger partial charge on any atom is -0.356 e. The molecule has 3 nitrogen and oxygen atoms in total. The molecule has 0 heterocycles. The highest BCUT2D eigenvalue weighted by Crippen LogP contribution is 2.42. The van der Waals surface area contributed by atoms with Gasteiger partial charge in [0.05, 0.1) is 0 Å². The Morgan fingerprint density at radius 3 is 2.62 bits per heavy atom. The summed E-state index contributed by atoms with van der Waals surface area (Å²) in [5, 5.41) is 6.45. The summed E-state index contributed by atoms with van der Waals surface area (Å²) in [4.78, 5) is 4.15. The number of guanidine groups is 1. The fourth-order valence-corrected chi connectivity index (χ4v) is 2.49. The van der Waals surface area contributed by atoms with Crippen LogP contribution in [-0.2, 0) is 0 Å². The summed E-state index contributed by atoms with van der Waals surface area (Å²) in [6.07, 6.45) is 4.17. The highest BCUT2D eigenvalue weighted by atomic mass is 19.1. The van der Waals surface area contributed by atoms with Crippen molar-refractivity contribution in [1.82, 2.24) is 10.6 Å². The third kappa shape index (κ3) is 4.16. The molecule has 2 unspecified atom stereocenters. The van der Waals surface area contributed by atoms with Crippen LogP contribution in [0.3, 0.4) is 0 Å². The van der Waals surface area contributed by atoms with Crippen molar-refractivity contribution < 1.29 is 8.78 Å². The van der Waals surface area contributed by atoms with Crippen molar-refractivity contribution in [3.63, 3.8) is 0 Å². The summed E-state index contributed by atoms with van der Waals surface area (Å²) < 4.78 is 27.4. The smallest absolute Gasteiger partial charge is 0.191 e. The highest BCUT2D eigenvalue weighted by molar-refractivity contribution is 5.80. The standard InChI is InChI=1S/C16H23F2N3/c1-3-4-5-9-20-16(19-2)21-14-10-11(14)15-12(17)7-6-8-13(15)18/h6-8,11,14H,3-5,9-10H2,1-2H3,(H2,19,20,21). The number of benzene rings is 1. The molecule has 21 heavy (non-hydrogen) atoms. The van der Waals surface area contributed by atoms with Crippen molar-refractivity contribution in [3.8, 4) is 0 Å². The van der Waals surface area contributed by atoms with Crippen molar-refractivity contribution in [2.45, 2.75) is 44.6 Å². The average molecular weight is 295 g/mol. The Balaban J connectivity index is 1.85. The Kier molecular flexibility index (Phi) is 5.53. The lowest BCUT2D eigenvalue weighted by Crippen LogP contribution is -2.39.